The standard InChI is InChI=1S/C15H19NO2/c1-15(2)11-12-7-6-8-13(14(12)18-15)17-10-5-3-4-9-16/h6-8H,3-5,10-11H2,1-2H3. The van der Waals surface area contributed by atoms with E-state index in [1.54, 1.807) is 0 Å². The van der Waals surface area contributed by atoms with Gasteiger partial charge in [0.25, 0.3) is 0 Å². The maximum atomic E-state index is 8.46. The minimum absolute atomic E-state index is 0.136. The number of unbranched alkanes of at least 4 members (excludes halogenated alkanes) is 2. The molecule has 0 unspecified atom stereocenters. The summed E-state index contributed by atoms with van der Waals surface area (Å²) in [6.45, 7) is 4.81. The van der Waals surface area contributed by atoms with E-state index in [-0.39, 0.29) is 5.60 Å². The molecule has 1 aromatic carbocycles. The molecule has 0 atom stereocenters. The molecule has 0 saturated carbocycles. The molecule has 0 aliphatic carbocycles. The molecule has 1 aliphatic rings. The fraction of sp³-hybridized carbons (Fsp3) is 0.533. The van der Waals surface area contributed by atoms with Crippen LogP contribution >= 0.6 is 0 Å². The third-order valence-electron chi connectivity index (χ3n) is 3.00. The van der Waals surface area contributed by atoms with Crippen molar-refractivity contribution in [3.05, 3.63) is 23.8 Å². The smallest absolute Gasteiger partial charge is 0.165 e. The van der Waals surface area contributed by atoms with Gasteiger partial charge in [0.05, 0.1) is 12.7 Å². The van der Waals surface area contributed by atoms with Crippen molar-refractivity contribution < 1.29 is 9.47 Å². The summed E-state index contributed by atoms with van der Waals surface area (Å²) < 4.78 is 11.7. The first-order valence-electron chi connectivity index (χ1n) is 6.43. The molecule has 0 spiro atoms. The minimum Gasteiger partial charge on any atom is -0.490 e. The zero-order valence-electron chi connectivity index (χ0n) is 11.0. The number of ether oxygens (including phenoxy) is 2. The number of hydrogen-bond donors (Lipinski definition) is 0. The Kier molecular flexibility index (Phi) is 3.76. The Morgan fingerprint density at radius 1 is 1.39 bits per heavy atom. The van der Waals surface area contributed by atoms with Gasteiger partial charge in [-0.1, -0.05) is 12.1 Å². The second-order valence-electron chi connectivity index (χ2n) is 5.25. The van der Waals surface area contributed by atoms with E-state index in [1.807, 2.05) is 12.1 Å². The molecule has 0 bridgehead atoms. The van der Waals surface area contributed by atoms with Crippen molar-refractivity contribution in [3.8, 4) is 17.6 Å². The summed E-state index contributed by atoms with van der Waals surface area (Å²) in [5.41, 5.74) is 1.08. The Morgan fingerprint density at radius 3 is 3.00 bits per heavy atom. The first kappa shape index (κ1) is 12.8. The van der Waals surface area contributed by atoms with Gasteiger partial charge < -0.3 is 9.47 Å². The summed E-state index contributed by atoms with van der Waals surface area (Å²) in [6, 6.07) is 8.19. The number of rotatable bonds is 5. The summed E-state index contributed by atoms with van der Waals surface area (Å²) in [6.07, 6.45) is 3.31. The van der Waals surface area contributed by atoms with Crippen LogP contribution in [0.4, 0.5) is 0 Å². The molecule has 0 amide bonds. The Labute approximate surface area is 108 Å². The lowest BCUT2D eigenvalue weighted by Gasteiger charge is -2.18. The van der Waals surface area contributed by atoms with Crippen LogP contribution < -0.4 is 9.47 Å². The van der Waals surface area contributed by atoms with Gasteiger partial charge in [0.2, 0.25) is 0 Å². The molecule has 0 radical (unpaired) electrons. The van der Waals surface area contributed by atoms with Crippen molar-refractivity contribution in [2.24, 2.45) is 0 Å². The van der Waals surface area contributed by atoms with Gasteiger partial charge in [-0.2, -0.15) is 5.26 Å². The molecule has 18 heavy (non-hydrogen) atoms. The van der Waals surface area contributed by atoms with E-state index in [0.717, 1.165) is 30.8 Å². The van der Waals surface area contributed by atoms with Crippen LogP contribution in [0.2, 0.25) is 0 Å². The molecule has 1 aromatic rings. The highest BCUT2D eigenvalue weighted by Crippen LogP contribution is 2.41. The average Bonchev–Trinajstić information content (AvgIpc) is 2.63. The summed E-state index contributed by atoms with van der Waals surface area (Å²) >= 11 is 0. The van der Waals surface area contributed by atoms with Crippen molar-refractivity contribution in [2.45, 2.75) is 45.1 Å². The molecular formula is C15H19NO2. The van der Waals surface area contributed by atoms with Crippen LogP contribution in [0.15, 0.2) is 18.2 Å². The number of para-hydroxylation sites is 1. The van der Waals surface area contributed by atoms with Gasteiger partial charge in [0.1, 0.15) is 5.60 Å². The second-order valence-corrected chi connectivity index (χ2v) is 5.25. The van der Waals surface area contributed by atoms with Crippen LogP contribution in [0.1, 0.15) is 38.7 Å². The molecule has 0 N–H and O–H groups in total. The number of fused-ring (bicyclic) bond motifs is 1. The summed E-state index contributed by atoms with van der Waals surface area (Å²) in [7, 11) is 0. The summed E-state index contributed by atoms with van der Waals surface area (Å²) in [5, 5.41) is 8.46. The van der Waals surface area contributed by atoms with E-state index in [0.29, 0.717) is 13.0 Å². The third-order valence-corrected chi connectivity index (χ3v) is 3.00. The van der Waals surface area contributed by atoms with E-state index in [2.05, 4.69) is 26.0 Å². The van der Waals surface area contributed by atoms with Crippen molar-refractivity contribution in [1.29, 1.82) is 5.26 Å². The van der Waals surface area contributed by atoms with Gasteiger partial charge in [-0.05, 0) is 32.8 Å². The predicted octanol–water partition coefficient (Wildman–Crippen LogP) is 3.47. The zero-order valence-corrected chi connectivity index (χ0v) is 11.0. The lowest BCUT2D eigenvalue weighted by molar-refractivity contribution is 0.132. The maximum absolute atomic E-state index is 8.46. The number of hydrogen-bond acceptors (Lipinski definition) is 3. The normalized spacial score (nSPS) is 15.6. The van der Waals surface area contributed by atoms with Crippen LogP contribution in [0.25, 0.3) is 0 Å². The Morgan fingerprint density at radius 2 is 2.22 bits per heavy atom. The molecule has 0 fully saturated rings. The first-order valence-corrected chi connectivity index (χ1v) is 6.43. The topological polar surface area (TPSA) is 42.2 Å². The Balaban J connectivity index is 1.95. The van der Waals surface area contributed by atoms with Crippen LogP contribution in [0.3, 0.4) is 0 Å². The Hall–Kier alpha value is -1.69. The SMILES string of the molecule is CC1(C)Cc2cccc(OCCCCC#N)c2O1. The minimum atomic E-state index is -0.136. The average molecular weight is 245 g/mol. The van der Waals surface area contributed by atoms with E-state index in [1.165, 1.54) is 5.56 Å². The molecule has 96 valence electrons. The lowest BCUT2D eigenvalue weighted by Crippen LogP contribution is -2.24. The number of benzene rings is 1. The molecule has 1 heterocycles. The first-order chi connectivity index (χ1) is 8.62. The molecule has 3 heteroatoms. The van der Waals surface area contributed by atoms with Gasteiger partial charge in [-0.25, -0.2) is 0 Å². The van der Waals surface area contributed by atoms with Crippen LogP contribution in [0, 0.1) is 11.3 Å². The van der Waals surface area contributed by atoms with Crippen LogP contribution in [0.5, 0.6) is 11.5 Å². The van der Waals surface area contributed by atoms with Gasteiger partial charge in [0.15, 0.2) is 11.5 Å². The fourth-order valence-electron chi connectivity index (χ4n) is 2.19. The third kappa shape index (κ3) is 2.95. The van der Waals surface area contributed by atoms with Crippen molar-refractivity contribution in [2.75, 3.05) is 6.61 Å². The quantitative estimate of drug-likeness (QED) is 0.746. The second kappa shape index (κ2) is 5.30. The highest BCUT2D eigenvalue weighted by molar-refractivity contribution is 5.50. The predicted molar refractivity (Wildman–Crippen MR) is 69.8 cm³/mol. The van der Waals surface area contributed by atoms with Crippen molar-refractivity contribution in [3.63, 3.8) is 0 Å². The van der Waals surface area contributed by atoms with Gasteiger partial charge in [-0.15, -0.1) is 0 Å². The van der Waals surface area contributed by atoms with E-state index in [9.17, 15) is 0 Å². The molecule has 0 saturated heterocycles. The van der Waals surface area contributed by atoms with Crippen molar-refractivity contribution in [1.82, 2.24) is 0 Å². The Bertz CT molecular complexity index is 460. The highest BCUT2D eigenvalue weighted by atomic mass is 16.5. The van der Waals surface area contributed by atoms with E-state index in [4.69, 9.17) is 14.7 Å². The van der Waals surface area contributed by atoms with Gasteiger partial charge in [0, 0.05) is 18.4 Å². The van der Waals surface area contributed by atoms with E-state index >= 15 is 0 Å². The van der Waals surface area contributed by atoms with Gasteiger partial charge >= 0.3 is 0 Å². The highest BCUT2D eigenvalue weighted by Gasteiger charge is 2.32. The fourth-order valence-corrected chi connectivity index (χ4v) is 2.19. The molecule has 2 rings (SSSR count). The van der Waals surface area contributed by atoms with Crippen LogP contribution in [-0.4, -0.2) is 12.2 Å². The molecule has 3 nitrogen and oxygen atoms in total. The summed E-state index contributed by atoms with van der Waals surface area (Å²) in [5.74, 6) is 1.72. The van der Waals surface area contributed by atoms with E-state index < -0.39 is 0 Å². The molecule has 0 aromatic heterocycles. The largest absolute Gasteiger partial charge is 0.490 e. The zero-order chi connectivity index (χ0) is 13.0. The van der Waals surface area contributed by atoms with Crippen molar-refractivity contribution >= 4 is 0 Å². The van der Waals surface area contributed by atoms with Crippen LogP contribution in [-0.2, 0) is 6.42 Å². The molecular weight excluding hydrogens is 226 g/mol. The van der Waals surface area contributed by atoms with Gasteiger partial charge in [-0.3, -0.25) is 0 Å². The summed E-state index contributed by atoms with van der Waals surface area (Å²) in [4.78, 5) is 0. The lowest BCUT2D eigenvalue weighted by atomic mass is 10.0. The number of nitrogens with zero attached hydrogens (tertiary/aromatic N) is 1. The number of nitriles is 1. The monoisotopic (exact) mass is 245 g/mol. The molecule has 1 aliphatic heterocycles. The maximum Gasteiger partial charge on any atom is 0.165 e.